The maximum atomic E-state index is 14.6. The Morgan fingerprint density at radius 2 is 1.33 bits per heavy atom. The molecule has 2 saturated carbocycles. The first-order valence-electron chi connectivity index (χ1n) is 20.5. The number of para-hydroxylation sites is 2. The maximum Gasteiger partial charge on any atom is 0.265 e. The van der Waals surface area contributed by atoms with E-state index < -0.39 is 47.7 Å². The normalized spacial score (nSPS) is 19.2. The van der Waals surface area contributed by atoms with Crippen LogP contribution in [0.5, 0.6) is 11.5 Å². The summed E-state index contributed by atoms with van der Waals surface area (Å²) in [5.41, 5.74) is 2.84. The minimum atomic E-state index is -1.13. The van der Waals surface area contributed by atoms with Gasteiger partial charge in [-0.2, -0.15) is 0 Å². The van der Waals surface area contributed by atoms with Crippen LogP contribution in [0.4, 0.5) is 0 Å². The SMILES string of the molecule is O=C(N[C@@H](CC1CCCCC1)[C@@H](O)[C@@H](O)C1CC1)C(Cc1cn(C(c2ccccc2)(c2ccccc2)c2ccccc2)cn1)NC(=O)C1COc2ccccc2O1. The summed E-state index contributed by atoms with van der Waals surface area (Å²) in [5, 5.41) is 28.7. The average Bonchev–Trinajstić information content (AvgIpc) is 4.02. The molecule has 0 bridgehead atoms. The summed E-state index contributed by atoms with van der Waals surface area (Å²) in [6, 6.07) is 36.2. The quantitative estimate of drug-likeness (QED) is 0.0936. The number of ether oxygens (including phenoxy) is 2. The van der Waals surface area contributed by atoms with E-state index in [-0.39, 0.29) is 18.9 Å². The molecular formula is C47H52N4O6. The molecule has 0 spiro atoms. The lowest BCUT2D eigenvalue weighted by atomic mass is 9.77. The van der Waals surface area contributed by atoms with E-state index in [1.54, 1.807) is 18.5 Å². The zero-order valence-electron chi connectivity index (χ0n) is 32.2. The molecule has 2 fully saturated rings. The van der Waals surface area contributed by atoms with Crippen molar-refractivity contribution in [1.82, 2.24) is 20.2 Å². The van der Waals surface area contributed by atoms with Gasteiger partial charge in [-0.15, -0.1) is 0 Å². The van der Waals surface area contributed by atoms with Crippen molar-refractivity contribution in [1.29, 1.82) is 0 Å². The molecule has 10 nitrogen and oxygen atoms in total. The fraction of sp³-hybridized carbons (Fsp3) is 0.383. The van der Waals surface area contributed by atoms with Crippen molar-refractivity contribution in [2.75, 3.05) is 6.61 Å². The number of aliphatic hydroxyl groups is 2. The molecule has 5 atom stereocenters. The van der Waals surface area contributed by atoms with Crippen molar-refractivity contribution in [2.45, 2.75) is 93.7 Å². The monoisotopic (exact) mass is 768 g/mol. The Hall–Kier alpha value is -5.45. The molecule has 0 radical (unpaired) electrons. The van der Waals surface area contributed by atoms with Gasteiger partial charge in [0.2, 0.25) is 12.0 Å². The molecule has 57 heavy (non-hydrogen) atoms. The Kier molecular flexibility index (Phi) is 11.7. The molecule has 2 aliphatic carbocycles. The molecule has 8 rings (SSSR count). The second-order valence-corrected chi connectivity index (χ2v) is 15.9. The van der Waals surface area contributed by atoms with Crippen LogP contribution >= 0.6 is 0 Å². The van der Waals surface area contributed by atoms with Crippen LogP contribution in [-0.2, 0) is 21.5 Å². The highest BCUT2D eigenvalue weighted by Gasteiger charge is 2.42. The number of amides is 2. The first-order chi connectivity index (χ1) is 27.9. The highest BCUT2D eigenvalue weighted by atomic mass is 16.6. The van der Waals surface area contributed by atoms with Crippen molar-refractivity contribution >= 4 is 11.8 Å². The standard InChI is InChI=1S/C47H52N4O6/c52-43(33-25-26-33)44(53)38(27-32-15-5-1-6-16-32)49-45(54)39(50-46(55)42-30-56-40-23-13-14-24-41(40)57-42)28-37-29-51(31-48-37)47(34-17-7-2-8-18-34,35-19-9-3-10-20-35)36-21-11-4-12-22-36/h2-4,7-14,17-24,29,31-33,38-39,42-44,52-53H,1,5-6,15-16,25-28,30H2,(H,49,54)(H,50,55)/t38-,39?,42?,43-,44+/m0/s1. The molecule has 0 saturated heterocycles. The van der Waals surface area contributed by atoms with E-state index in [1.807, 2.05) is 72.9 Å². The van der Waals surface area contributed by atoms with Gasteiger partial charge < -0.3 is 34.9 Å². The van der Waals surface area contributed by atoms with Crippen LogP contribution in [-0.4, -0.2) is 68.6 Å². The fourth-order valence-corrected chi connectivity index (χ4v) is 8.77. The summed E-state index contributed by atoms with van der Waals surface area (Å²) in [4.78, 5) is 33.4. The number of nitrogens with zero attached hydrogens (tertiary/aromatic N) is 2. The Labute approximate surface area is 334 Å². The summed E-state index contributed by atoms with van der Waals surface area (Å²) in [5.74, 6) is 0.387. The van der Waals surface area contributed by atoms with Gasteiger partial charge in [-0.3, -0.25) is 9.59 Å². The van der Waals surface area contributed by atoms with E-state index in [9.17, 15) is 19.8 Å². The highest BCUT2D eigenvalue weighted by molar-refractivity contribution is 5.90. The maximum absolute atomic E-state index is 14.6. The fourth-order valence-electron chi connectivity index (χ4n) is 8.77. The third-order valence-corrected chi connectivity index (χ3v) is 12.0. The van der Waals surface area contributed by atoms with Gasteiger partial charge in [0.05, 0.1) is 24.2 Å². The molecule has 3 aliphatic rings. The van der Waals surface area contributed by atoms with Gasteiger partial charge >= 0.3 is 0 Å². The molecule has 2 amide bonds. The summed E-state index contributed by atoms with van der Waals surface area (Å²) in [7, 11) is 0. The lowest BCUT2D eigenvalue weighted by Gasteiger charge is -2.37. The second-order valence-electron chi connectivity index (χ2n) is 15.9. The van der Waals surface area contributed by atoms with Crippen LogP contribution in [0.15, 0.2) is 128 Å². The zero-order valence-corrected chi connectivity index (χ0v) is 32.2. The number of carbonyl (C=O) groups is 2. The van der Waals surface area contributed by atoms with Gasteiger partial charge in [0, 0.05) is 12.6 Å². The third kappa shape index (κ3) is 8.48. The number of rotatable bonds is 15. The molecule has 2 unspecified atom stereocenters. The summed E-state index contributed by atoms with van der Waals surface area (Å²) >= 11 is 0. The Morgan fingerprint density at radius 1 is 0.754 bits per heavy atom. The molecule has 10 heteroatoms. The van der Waals surface area contributed by atoms with Crippen molar-refractivity contribution in [3.05, 3.63) is 150 Å². The largest absolute Gasteiger partial charge is 0.485 e. The molecule has 4 N–H and O–H groups in total. The number of benzene rings is 4. The van der Waals surface area contributed by atoms with Crippen molar-refractivity contribution in [3.63, 3.8) is 0 Å². The number of fused-ring (bicyclic) bond motifs is 1. The molecule has 2 heterocycles. The number of aliphatic hydroxyl groups excluding tert-OH is 2. The van der Waals surface area contributed by atoms with E-state index in [1.165, 1.54) is 6.42 Å². The Bertz CT molecular complexity index is 1990. The number of aromatic nitrogens is 2. The zero-order chi connectivity index (χ0) is 39.2. The summed E-state index contributed by atoms with van der Waals surface area (Å²) < 4.78 is 14.0. The minimum Gasteiger partial charge on any atom is -0.485 e. The van der Waals surface area contributed by atoms with Crippen LogP contribution in [0.3, 0.4) is 0 Å². The number of nitrogens with one attached hydrogen (secondary N) is 2. The number of hydrogen-bond acceptors (Lipinski definition) is 7. The van der Waals surface area contributed by atoms with Gasteiger partial charge in [-0.05, 0) is 59.9 Å². The first kappa shape index (κ1) is 38.4. The van der Waals surface area contributed by atoms with Gasteiger partial charge in [0.1, 0.15) is 24.3 Å². The lowest BCUT2D eigenvalue weighted by Crippen LogP contribution is -2.58. The molecular weight excluding hydrogens is 717 g/mol. The molecule has 296 valence electrons. The summed E-state index contributed by atoms with van der Waals surface area (Å²) in [6.45, 7) is -0.0177. The van der Waals surface area contributed by atoms with E-state index in [2.05, 4.69) is 51.6 Å². The topological polar surface area (TPSA) is 135 Å². The van der Waals surface area contributed by atoms with Gasteiger partial charge in [-0.1, -0.05) is 135 Å². The lowest BCUT2D eigenvalue weighted by molar-refractivity contribution is -0.135. The van der Waals surface area contributed by atoms with Crippen molar-refractivity contribution in [3.8, 4) is 11.5 Å². The number of imidazole rings is 1. The van der Waals surface area contributed by atoms with Crippen molar-refractivity contribution < 1.29 is 29.3 Å². The smallest absolute Gasteiger partial charge is 0.265 e. The van der Waals surface area contributed by atoms with Crippen molar-refractivity contribution in [2.24, 2.45) is 11.8 Å². The predicted octanol–water partition coefficient (Wildman–Crippen LogP) is 6.18. The summed E-state index contributed by atoms with van der Waals surface area (Å²) in [6.07, 6.45) is 8.42. The number of hydrogen-bond donors (Lipinski definition) is 4. The molecule has 1 aromatic heterocycles. The van der Waals surface area contributed by atoms with Crippen LogP contribution in [0.2, 0.25) is 0 Å². The molecule has 5 aromatic rings. The predicted molar refractivity (Wildman–Crippen MR) is 217 cm³/mol. The van der Waals surface area contributed by atoms with E-state index in [0.717, 1.165) is 55.2 Å². The van der Waals surface area contributed by atoms with Crippen LogP contribution in [0, 0.1) is 11.8 Å². The Morgan fingerprint density at radius 3 is 1.93 bits per heavy atom. The highest BCUT2D eigenvalue weighted by Crippen LogP contribution is 2.41. The first-order valence-corrected chi connectivity index (χ1v) is 20.5. The van der Waals surface area contributed by atoms with E-state index in [0.29, 0.717) is 29.5 Å². The van der Waals surface area contributed by atoms with Gasteiger partial charge in [-0.25, -0.2) is 4.98 Å². The van der Waals surface area contributed by atoms with Crippen LogP contribution in [0.25, 0.3) is 0 Å². The van der Waals surface area contributed by atoms with Crippen LogP contribution in [0.1, 0.15) is 73.8 Å². The van der Waals surface area contributed by atoms with Gasteiger partial charge in [0.25, 0.3) is 5.91 Å². The molecule has 1 aliphatic heterocycles. The van der Waals surface area contributed by atoms with E-state index >= 15 is 0 Å². The Balaban J connectivity index is 1.12. The van der Waals surface area contributed by atoms with Crippen LogP contribution < -0.4 is 20.1 Å². The average molecular weight is 769 g/mol. The second kappa shape index (κ2) is 17.4. The number of carbonyl (C=O) groups excluding carboxylic acids is 2. The van der Waals surface area contributed by atoms with E-state index in [4.69, 9.17) is 14.5 Å². The third-order valence-electron chi connectivity index (χ3n) is 12.0. The molecule has 4 aromatic carbocycles. The van der Waals surface area contributed by atoms with Gasteiger partial charge in [0.15, 0.2) is 11.5 Å². The minimum absolute atomic E-state index is 0.0177.